The summed E-state index contributed by atoms with van der Waals surface area (Å²) in [4.78, 5) is 10.8. The highest BCUT2D eigenvalue weighted by Crippen LogP contribution is 2.32. The SMILES string of the molecule is NCC(=O)NCc1cccc(C(F)(F)F)c1F. The van der Waals surface area contributed by atoms with Gasteiger partial charge in [-0.15, -0.1) is 0 Å². The molecular weight excluding hydrogens is 240 g/mol. The van der Waals surface area contributed by atoms with Gasteiger partial charge in [-0.1, -0.05) is 12.1 Å². The van der Waals surface area contributed by atoms with Crippen molar-refractivity contribution in [2.24, 2.45) is 5.73 Å². The van der Waals surface area contributed by atoms with Gasteiger partial charge in [0.15, 0.2) is 0 Å². The lowest BCUT2D eigenvalue weighted by Gasteiger charge is -2.11. The molecule has 0 saturated heterocycles. The highest BCUT2D eigenvalue weighted by atomic mass is 19.4. The van der Waals surface area contributed by atoms with Crippen molar-refractivity contribution >= 4 is 5.91 Å². The molecule has 17 heavy (non-hydrogen) atoms. The lowest BCUT2D eigenvalue weighted by atomic mass is 10.1. The zero-order valence-corrected chi connectivity index (χ0v) is 8.64. The maximum atomic E-state index is 13.4. The molecule has 3 N–H and O–H groups in total. The van der Waals surface area contributed by atoms with Crippen LogP contribution in [-0.4, -0.2) is 12.5 Å². The predicted octanol–water partition coefficient (Wildman–Crippen LogP) is 1.42. The van der Waals surface area contributed by atoms with Gasteiger partial charge in [0.2, 0.25) is 5.91 Å². The molecule has 1 aromatic carbocycles. The molecule has 7 heteroatoms. The first-order chi connectivity index (χ1) is 7.86. The summed E-state index contributed by atoms with van der Waals surface area (Å²) in [6, 6.07) is 2.89. The maximum absolute atomic E-state index is 13.4. The fourth-order valence-electron chi connectivity index (χ4n) is 1.20. The molecular formula is C10H10F4N2O. The number of amides is 1. The largest absolute Gasteiger partial charge is 0.419 e. The van der Waals surface area contributed by atoms with E-state index in [2.05, 4.69) is 5.32 Å². The number of halogens is 4. The molecule has 0 unspecified atom stereocenters. The van der Waals surface area contributed by atoms with Gasteiger partial charge < -0.3 is 11.1 Å². The van der Waals surface area contributed by atoms with Gasteiger partial charge in [0.25, 0.3) is 0 Å². The Hall–Kier alpha value is -1.63. The third-order valence-corrected chi connectivity index (χ3v) is 2.05. The standard InChI is InChI=1S/C10H10F4N2O/c11-9-6(5-16-8(17)4-15)2-1-3-7(9)10(12,13)14/h1-3H,4-5,15H2,(H,16,17). The second kappa shape index (κ2) is 5.13. The molecule has 0 saturated carbocycles. The number of benzene rings is 1. The summed E-state index contributed by atoms with van der Waals surface area (Å²) in [5, 5.41) is 2.20. The quantitative estimate of drug-likeness (QED) is 0.797. The summed E-state index contributed by atoms with van der Waals surface area (Å²) in [6.45, 7) is -0.633. The molecule has 3 nitrogen and oxygen atoms in total. The van der Waals surface area contributed by atoms with Gasteiger partial charge in [-0.3, -0.25) is 4.79 Å². The van der Waals surface area contributed by atoms with Crippen molar-refractivity contribution in [2.45, 2.75) is 12.7 Å². The van der Waals surface area contributed by atoms with Crippen LogP contribution in [0, 0.1) is 5.82 Å². The van der Waals surface area contributed by atoms with Crippen LogP contribution in [0.1, 0.15) is 11.1 Å². The Labute approximate surface area is 94.6 Å². The molecule has 0 atom stereocenters. The van der Waals surface area contributed by atoms with Crippen LogP contribution in [0.25, 0.3) is 0 Å². The van der Waals surface area contributed by atoms with E-state index in [0.29, 0.717) is 6.07 Å². The van der Waals surface area contributed by atoms with E-state index in [-0.39, 0.29) is 18.7 Å². The van der Waals surface area contributed by atoms with Crippen molar-refractivity contribution < 1.29 is 22.4 Å². The zero-order valence-electron chi connectivity index (χ0n) is 8.64. The number of nitrogens with two attached hydrogens (primary N) is 1. The molecule has 94 valence electrons. The van der Waals surface area contributed by atoms with E-state index >= 15 is 0 Å². The van der Waals surface area contributed by atoms with E-state index in [1.165, 1.54) is 6.07 Å². The summed E-state index contributed by atoms with van der Waals surface area (Å²) in [5.41, 5.74) is 3.40. The van der Waals surface area contributed by atoms with Crippen molar-refractivity contribution in [3.63, 3.8) is 0 Å². The van der Waals surface area contributed by atoms with Crippen molar-refractivity contribution in [1.29, 1.82) is 0 Å². The molecule has 1 amide bonds. The predicted molar refractivity (Wildman–Crippen MR) is 52.3 cm³/mol. The van der Waals surface area contributed by atoms with E-state index in [0.717, 1.165) is 6.07 Å². The van der Waals surface area contributed by atoms with Crippen molar-refractivity contribution in [3.8, 4) is 0 Å². The van der Waals surface area contributed by atoms with E-state index in [4.69, 9.17) is 5.73 Å². The highest BCUT2D eigenvalue weighted by molar-refractivity contribution is 5.77. The fraction of sp³-hybridized carbons (Fsp3) is 0.300. The lowest BCUT2D eigenvalue weighted by molar-refractivity contribution is -0.140. The Morgan fingerprint density at radius 2 is 2.00 bits per heavy atom. The van der Waals surface area contributed by atoms with Gasteiger partial charge in [0.1, 0.15) is 5.82 Å². The molecule has 0 aliphatic carbocycles. The van der Waals surface area contributed by atoms with Crippen LogP contribution in [-0.2, 0) is 17.5 Å². The van der Waals surface area contributed by atoms with Crippen molar-refractivity contribution in [1.82, 2.24) is 5.32 Å². The van der Waals surface area contributed by atoms with Crippen LogP contribution in [0.4, 0.5) is 17.6 Å². The van der Waals surface area contributed by atoms with Gasteiger partial charge in [-0.2, -0.15) is 13.2 Å². The Kier molecular flexibility index (Phi) is 4.06. The topological polar surface area (TPSA) is 55.1 Å². The third kappa shape index (κ3) is 3.42. The molecule has 0 aliphatic heterocycles. The van der Waals surface area contributed by atoms with Crippen molar-refractivity contribution in [2.75, 3.05) is 6.54 Å². The summed E-state index contributed by atoms with van der Waals surface area (Å²) < 4.78 is 50.5. The lowest BCUT2D eigenvalue weighted by Crippen LogP contribution is -2.30. The number of carbonyl (C=O) groups is 1. The van der Waals surface area contributed by atoms with Crippen LogP contribution in [0.2, 0.25) is 0 Å². The Bertz CT molecular complexity index is 417. The first-order valence-electron chi connectivity index (χ1n) is 4.67. The number of hydrogen-bond acceptors (Lipinski definition) is 2. The molecule has 0 bridgehead atoms. The van der Waals surface area contributed by atoms with E-state index in [1.54, 1.807) is 0 Å². The first-order valence-corrected chi connectivity index (χ1v) is 4.67. The minimum atomic E-state index is -4.75. The monoisotopic (exact) mass is 250 g/mol. The fourth-order valence-corrected chi connectivity index (χ4v) is 1.20. The molecule has 0 aromatic heterocycles. The molecule has 0 spiro atoms. The van der Waals surface area contributed by atoms with Crippen molar-refractivity contribution in [3.05, 3.63) is 35.1 Å². The Morgan fingerprint density at radius 3 is 2.53 bits per heavy atom. The smallest absolute Gasteiger partial charge is 0.351 e. The van der Waals surface area contributed by atoms with Gasteiger partial charge in [0, 0.05) is 12.1 Å². The number of nitrogens with one attached hydrogen (secondary N) is 1. The van der Waals surface area contributed by atoms with Gasteiger partial charge in [-0.25, -0.2) is 4.39 Å². The second-order valence-electron chi connectivity index (χ2n) is 3.26. The molecule has 1 rings (SSSR count). The number of hydrogen-bond donors (Lipinski definition) is 2. The minimum Gasteiger partial charge on any atom is -0.351 e. The Balaban J connectivity index is 2.91. The van der Waals surface area contributed by atoms with Crippen LogP contribution in [0.5, 0.6) is 0 Å². The van der Waals surface area contributed by atoms with Crippen LogP contribution < -0.4 is 11.1 Å². The van der Waals surface area contributed by atoms with E-state index in [9.17, 15) is 22.4 Å². The van der Waals surface area contributed by atoms with Gasteiger partial charge in [-0.05, 0) is 6.07 Å². The molecule has 0 radical (unpaired) electrons. The molecule has 0 heterocycles. The average molecular weight is 250 g/mol. The minimum absolute atomic E-state index is 0.235. The third-order valence-electron chi connectivity index (χ3n) is 2.05. The van der Waals surface area contributed by atoms with Crippen LogP contribution in [0.15, 0.2) is 18.2 Å². The Morgan fingerprint density at radius 1 is 1.35 bits per heavy atom. The molecule has 0 fully saturated rings. The van der Waals surface area contributed by atoms with E-state index < -0.39 is 23.5 Å². The second-order valence-corrected chi connectivity index (χ2v) is 3.26. The number of carbonyl (C=O) groups excluding carboxylic acids is 1. The van der Waals surface area contributed by atoms with Crippen LogP contribution in [0.3, 0.4) is 0 Å². The van der Waals surface area contributed by atoms with Gasteiger partial charge in [0.05, 0.1) is 12.1 Å². The summed E-state index contributed by atoms with van der Waals surface area (Å²) in [6.07, 6.45) is -4.75. The first kappa shape index (κ1) is 13.4. The van der Waals surface area contributed by atoms with Crippen LogP contribution >= 0.6 is 0 Å². The highest BCUT2D eigenvalue weighted by Gasteiger charge is 2.34. The summed E-state index contributed by atoms with van der Waals surface area (Å²) in [5.74, 6) is -1.95. The van der Waals surface area contributed by atoms with E-state index in [1.807, 2.05) is 0 Å². The summed E-state index contributed by atoms with van der Waals surface area (Å²) in [7, 11) is 0. The number of rotatable bonds is 3. The average Bonchev–Trinajstić information content (AvgIpc) is 2.25. The normalized spacial score (nSPS) is 11.4. The number of alkyl halides is 3. The van der Waals surface area contributed by atoms with Gasteiger partial charge >= 0.3 is 6.18 Å². The maximum Gasteiger partial charge on any atom is 0.419 e. The zero-order chi connectivity index (χ0) is 13.1. The molecule has 1 aromatic rings. The summed E-state index contributed by atoms with van der Waals surface area (Å²) >= 11 is 0. The molecule has 0 aliphatic rings.